The third kappa shape index (κ3) is 8.96. The Morgan fingerprint density at radius 2 is 1.77 bits per heavy atom. The van der Waals surface area contributed by atoms with Crippen molar-refractivity contribution in [3.8, 4) is 0 Å². The largest absolute Gasteiger partial charge is 0.462 e. The van der Waals surface area contributed by atoms with Crippen molar-refractivity contribution in [1.29, 1.82) is 0 Å². The fraction of sp³-hybridized carbons (Fsp3) is 0.375. The first kappa shape index (κ1) is 33.3. The minimum atomic E-state index is -0.615. The van der Waals surface area contributed by atoms with E-state index in [2.05, 4.69) is 16.0 Å². The first-order chi connectivity index (χ1) is 20.8. The molecular formula is C32H38N4O5S3. The Bertz CT molecular complexity index is 1530. The van der Waals surface area contributed by atoms with Crippen LogP contribution < -0.4 is 16.0 Å². The number of aryl methyl sites for hydroxylation is 1. The van der Waals surface area contributed by atoms with Crippen LogP contribution in [-0.4, -0.2) is 52.0 Å². The van der Waals surface area contributed by atoms with E-state index in [0.717, 1.165) is 32.3 Å². The number of hydrogen-bond donors (Lipinski definition) is 3. The molecule has 1 aliphatic rings. The summed E-state index contributed by atoms with van der Waals surface area (Å²) in [5.74, 6) is -0.738. The number of thioether (sulfide) groups is 1. The SMILES string of the molecule is CCOC(=O)c1c(NC(=O)C(C)Sc2cccc(NC(=S)Nc3ccc(C)cc3)c2)sc2c1CCN(C(=O)OC(C)(C)C)C2. The van der Waals surface area contributed by atoms with Crippen molar-refractivity contribution in [3.05, 3.63) is 70.1 Å². The van der Waals surface area contributed by atoms with Gasteiger partial charge in [0.1, 0.15) is 10.6 Å². The molecule has 9 nitrogen and oxygen atoms in total. The van der Waals surface area contributed by atoms with Crippen LogP contribution in [0.3, 0.4) is 0 Å². The van der Waals surface area contributed by atoms with Crippen LogP contribution in [-0.2, 0) is 27.2 Å². The van der Waals surface area contributed by atoms with Crippen LogP contribution in [0.1, 0.15) is 61.0 Å². The molecule has 1 unspecified atom stereocenters. The molecule has 234 valence electrons. The van der Waals surface area contributed by atoms with Gasteiger partial charge >= 0.3 is 12.1 Å². The molecule has 2 heterocycles. The van der Waals surface area contributed by atoms with Crippen LogP contribution in [0, 0.1) is 6.92 Å². The lowest BCUT2D eigenvalue weighted by Crippen LogP contribution is -2.39. The number of carbonyl (C=O) groups is 3. The van der Waals surface area contributed by atoms with Crippen LogP contribution in [0.2, 0.25) is 0 Å². The molecule has 3 N–H and O–H groups in total. The van der Waals surface area contributed by atoms with E-state index >= 15 is 0 Å². The summed E-state index contributed by atoms with van der Waals surface area (Å²) in [5.41, 5.74) is 3.39. The standard InChI is InChI=1S/C32H38N4O5S3/c1-7-40-29(38)26-24-15-16-36(31(39)41-32(4,5)6)18-25(24)44-28(26)35-27(37)20(3)43-23-10-8-9-22(17-23)34-30(42)33-21-13-11-19(2)12-14-21/h8-14,17,20H,7,15-16,18H2,1-6H3,(H,35,37)(H2,33,34,42). The molecule has 3 aromatic rings. The van der Waals surface area contributed by atoms with Crippen LogP contribution in [0.5, 0.6) is 0 Å². The molecule has 44 heavy (non-hydrogen) atoms. The highest BCUT2D eigenvalue weighted by molar-refractivity contribution is 8.00. The first-order valence-electron chi connectivity index (χ1n) is 14.3. The van der Waals surface area contributed by atoms with E-state index in [1.54, 1.807) is 11.8 Å². The molecule has 1 aliphatic heterocycles. The molecule has 0 fully saturated rings. The van der Waals surface area contributed by atoms with Crippen molar-refractivity contribution < 1.29 is 23.9 Å². The number of nitrogens with one attached hydrogen (secondary N) is 3. The average Bonchev–Trinajstić information content (AvgIpc) is 3.30. The fourth-order valence-electron chi connectivity index (χ4n) is 4.44. The van der Waals surface area contributed by atoms with Crippen molar-refractivity contribution in [2.45, 2.75) is 70.3 Å². The lowest BCUT2D eigenvalue weighted by atomic mass is 10.0. The number of carbonyl (C=O) groups excluding carboxylic acids is 3. The van der Waals surface area contributed by atoms with Gasteiger partial charge in [0.25, 0.3) is 0 Å². The van der Waals surface area contributed by atoms with Gasteiger partial charge in [0, 0.05) is 27.7 Å². The lowest BCUT2D eigenvalue weighted by Gasteiger charge is -2.30. The molecule has 0 saturated carbocycles. The number of rotatable bonds is 8. The van der Waals surface area contributed by atoms with Gasteiger partial charge in [-0.3, -0.25) is 4.79 Å². The van der Waals surface area contributed by atoms with E-state index in [9.17, 15) is 14.4 Å². The summed E-state index contributed by atoms with van der Waals surface area (Å²) in [4.78, 5) is 42.4. The summed E-state index contributed by atoms with van der Waals surface area (Å²) >= 11 is 8.16. The number of ether oxygens (including phenoxy) is 2. The van der Waals surface area contributed by atoms with Gasteiger partial charge in [-0.2, -0.15) is 0 Å². The van der Waals surface area contributed by atoms with Crippen molar-refractivity contribution in [2.24, 2.45) is 0 Å². The lowest BCUT2D eigenvalue weighted by molar-refractivity contribution is -0.115. The second kappa shape index (κ2) is 14.4. The summed E-state index contributed by atoms with van der Waals surface area (Å²) in [6.07, 6.45) is 0.0491. The Kier molecular flexibility index (Phi) is 10.9. The van der Waals surface area contributed by atoms with Crippen LogP contribution in [0.15, 0.2) is 53.4 Å². The molecule has 2 aromatic carbocycles. The zero-order chi connectivity index (χ0) is 32.0. The summed E-state index contributed by atoms with van der Waals surface area (Å²) < 4.78 is 10.9. The minimum Gasteiger partial charge on any atom is -0.462 e. The fourth-order valence-corrected chi connectivity index (χ4v) is 6.86. The van der Waals surface area contributed by atoms with E-state index in [1.165, 1.54) is 23.1 Å². The number of amides is 2. The molecule has 0 saturated heterocycles. The van der Waals surface area contributed by atoms with Crippen LogP contribution in [0.25, 0.3) is 0 Å². The van der Waals surface area contributed by atoms with E-state index < -0.39 is 22.9 Å². The number of thiocarbonyl (C=S) groups is 1. The molecule has 1 atom stereocenters. The topological polar surface area (TPSA) is 109 Å². The zero-order valence-corrected chi connectivity index (χ0v) is 28.2. The number of thiophene rings is 1. The molecule has 0 aliphatic carbocycles. The van der Waals surface area contributed by atoms with E-state index in [1.807, 2.05) is 83.1 Å². The smallest absolute Gasteiger partial charge is 0.410 e. The summed E-state index contributed by atoms with van der Waals surface area (Å²) in [7, 11) is 0. The summed E-state index contributed by atoms with van der Waals surface area (Å²) in [5, 5.41) is 9.74. The normalized spacial score (nSPS) is 13.4. The van der Waals surface area contributed by atoms with Gasteiger partial charge in [0.2, 0.25) is 5.91 Å². The maximum absolute atomic E-state index is 13.4. The molecule has 0 bridgehead atoms. The van der Waals surface area contributed by atoms with Crippen molar-refractivity contribution in [2.75, 3.05) is 29.1 Å². The third-order valence-corrected chi connectivity index (χ3v) is 8.94. The number of benzene rings is 2. The maximum Gasteiger partial charge on any atom is 0.410 e. The second-order valence-electron chi connectivity index (χ2n) is 11.3. The van der Waals surface area contributed by atoms with Gasteiger partial charge in [-0.1, -0.05) is 23.8 Å². The molecule has 0 spiro atoms. The van der Waals surface area contributed by atoms with Crippen LogP contribution >= 0.6 is 35.3 Å². The first-order valence-corrected chi connectivity index (χ1v) is 16.4. The van der Waals surface area contributed by atoms with Gasteiger partial charge in [-0.15, -0.1) is 23.1 Å². The quantitative estimate of drug-likeness (QED) is 0.130. The van der Waals surface area contributed by atoms with E-state index in [4.69, 9.17) is 21.7 Å². The second-order valence-corrected chi connectivity index (χ2v) is 14.2. The molecule has 0 radical (unpaired) electrons. The Labute approximate surface area is 272 Å². The molecule has 2 amide bonds. The van der Waals surface area contributed by atoms with Crippen molar-refractivity contribution in [3.63, 3.8) is 0 Å². The monoisotopic (exact) mass is 654 g/mol. The van der Waals surface area contributed by atoms with Gasteiger partial charge in [-0.25, -0.2) is 9.59 Å². The number of nitrogens with zero attached hydrogens (tertiary/aromatic N) is 1. The molecule has 12 heteroatoms. The Hall–Kier alpha value is -3.61. The number of fused-ring (bicyclic) bond motifs is 1. The Morgan fingerprint density at radius 3 is 2.45 bits per heavy atom. The van der Waals surface area contributed by atoms with Gasteiger partial charge in [0.05, 0.1) is 24.0 Å². The van der Waals surface area contributed by atoms with E-state index in [-0.39, 0.29) is 12.5 Å². The third-order valence-electron chi connectivity index (χ3n) is 6.51. The zero-order valence-electron chi connectivity index (χ0n) is 25.7. The van der Waals surface area contributed by atoms with Gasteiger partial charge in [-0.05, 0) is 96.1 Å². The number of esters is 1. The predicted octanol–water partition coefficient (Wildman–Crippen LogP) is 7.45. The minimum absolute atomic E-state index is 0.210. The molecule has 1 aromatic heterocycles. The summed E-state index contributed by atoms with van der Waals surface area (Å²) in [6, 6.07) is 15.6. The van der Waals surface area contributed by atoms with E-state index in [0.29, 0.717) is 35.2 Å². The number of hydrogen-bond acceptors (Lipinski definition) is 8. The maximum atomic E-state index is 13.4. The highest BCUT2D eigenvalue weighted by Gasteiger charge is 2.33. The van der Waals surface area contributed by atoms with Crippen molar-refractivity contribution >= 4 is 74.8 Å². The predicted molar refractivity (Wildman–Crippen MR) is 182 cm³/mol. The Morgan fingerprint density at radius 1 is 1.07 bits per heavy atom. The highest BCUT2D eigenvalue weighted by Crippen LogP contribution is 2.39. The molecular weight excluding hydrogens is 617 g/mol. The van der Waals surface area contributed by atoms with Crippen molar-refractivity contribution in [1.82, 2.24) is 4.90 Å². The molecule has 4 rings (SSSR count). The average molecular weight is 655 g/mol. The number of anilines is 3. The summed E-state index contributed by atoms with van der Waals surface area (Å²) in [6.45, 7) is 12.0. The van der Waals surface area contributed by atoms with Crippen LogP contribution in [0.4, 0.5) is 21.2 Å². The van der Waals surface area contributed by atoms with Gasteiger partial charge in [0.15, 0.2) is 5.11 Å². The van der Waals surface area contributed by atoms with Gasteiger partial charge < -0.3 is 30.3 Å². The Balaban J connectivity index is 1.43. The highest BCUT2D eigenvalue weighted by atomic mass is 32.2.